The summed E-state index contributed by atoms with van der Waals surface area (Å²) in [4.78, 5) is 9.98. The van der Waals surface area contributed by atoms with Crippen molar-refractivity contribution in [2.45, 2.75) is 96.8 Å². The van der Waals surface area contributed by atoms with Gasteiger partial charge in [-0.3, -0.25) is 4.79 Å². The number of hydrogen-bond acceptors (Lipinski definition) is 1. The zero-order chi connectivity index (χ0) is 12.6. The summed E-state index contributed by atoms with van der Waals surface area (Å²) in [5, 5.41) is 0. The third-order valence-electron chi connectivity index (χ3n) is 3.38. The minimum absolute atomic E-state index is 0.637. The zero-order valence-electron chi connectivity index (χ0n) is 11.8. The molecular formula is C16H31O. The van der Waals surface area contributed by atoms with Crippen LogP contribution in [0.1, 0.15) is 96.8 Å². The second kappa shape index (κ2) is 15.7. The van der Waals surface area contributed by atoms with Crippen LogP contribution in [0.2, 0.25) is 0 Å². The second-order valence-electron chi connectivity index (χ2n) is 5.14. The Kier molecular flexibility index (Phi) is 15.4. The Morgan fingerprint density at radius 3 is 1.53 bits per heavy atom. The largest absolute Gasteiger partial charge is 0.291 e. The lowest BCUT2D eigenvalue weighted by molar-refractivity contribution is 0.531. The smallest absolute Gasteiger partial charge is 0.198 e. The van der Waals surface area contributed by atoms with Crippen molar-refractivity contribution in [1.29, 1.82) is 0 Å². The van der Waals surface area contributed by atoms with Crippen LogP contribution in [0.4, 0.5) is 0 Å². The predicted molar refractivity (Wildman–Crippen MR) is 76.0 cm³/mol. The van der Waals surface area contributed by atoms with Gasteiger partial charge in [-0.1, -0.05) is 84.0 Å². The molecule has 0 aromatic rings. The molecule has 0 unspecified atom stereocenters. The number of unbranched alkanes of at least 4 members (excludes halogenated alkanes) is 13. The first kappa shape index (κ1) is 16.7. The van der Waals surface area contributed by atoms with E-state index in [9.17, 15) is 4.79 Å². The van der Waals surface area contributed by atoms with Crippen molar-refractivity contribution in [3.63, 3.8) is 0 Å². The molecule has 1 heteroatoms. The Balaban J connectivity index is 2.87. The van der Waals surface area contributed by atoms with Crippen LogP contribution in [0.5, 0.6) is 0 Å². The summed E-state index contributed by atoms with van der Waals surface area (Å²) in [6, 6.07) is 0. The van der Waals surface area contributed by atoms with Gasteiger partial charge in [-0.25, -0.2) is 0 Å². The van der Waals surface area contributed by atoms with Crippen LogP contribution >= 0.6 is 0 Å². The lowest BCUT2D eigenvalue weighted by Crippen LogP contribution is -1.83. The highest BCUT2D eigenvalue weighted by atomic mass is 16.1. The van der Waals surface area contributed by atoms with E-state index in [0.717, 1.165) is 6.42 Å². The van der Waals surface area contributed by atoms with Gasteiger partial charge in [0.2, 0.25) is 0 Å². The van der Waals surface area contributed by atoms with Crippen LogP contribution in [-0.4, -0.2) is 6.29 Å². The molecular weight excluding hydrogens is 210 g/mol. The van der Waals surface area contributed by atoms with E-state index in [4.69, 9.17) is 0 Å². The molecule has 17 heavy (non-hydrogen) atoms. The van der Waals surface area contributed by atoms with Crippen molar-refractivity contribution >= 4 is 6.29 Å². The molecule has 0 rings (SSSR count). The fourth-order valence-corrected chi connectivity index (χ4v) is 2.21. The molecule has 0 aromatic carbocycles. The lowest BCUT2D eigenvalue weighted by atomic mass is 10.1. The minimum atomic E-state index is 0.637. The first-order chi connectivity index (χ1) is 8.41. The van der Waals surface area contributed by atoms with Crippen molar-refractivity contribution < 1.29 is 4.79 Å². The van der Waals surface area contributed by atoms with Crippen molar-refractivity contribution in [2.24, 2.45) is 0 Å². The maximum atomic E-state index is 9.98. The third-order valence-corrected chi connectivity index (χ3v) is 3.38. The number of rotatable bonds is 14. The molecule has 0 aliphatic carbocycles. The Morgan fingerprint density at radius 1 is 0.706 bits per heavy atom. The van der Waals surface area contributed by atoms with E-state index in [1.807, 2.05) is 6.29 Å². The summed E-state index contributed by atoms with van der Waals surface area (Å²) in [5.41, 5.74) is 0. The van der Waals surface area contributed by atoms with E-state index in [2.05, 4.69) is 6.92 Å². The van der Waals surface area contributed by atoms with Crippen LogP contribution in [0.15, 0.2) is 0 Å². The summed E-state index contributed by atoms with van der Waals surface area (Å²) in [6.07, 6.45) is 20.2. The average molecular weight is 241 g/mol. The molecule has 0 aromatic heterocycles. The van der Waals surface area contributed by atoms with Gasteiger partial charge < -0.3 is 0 Å². The summed E-state index contributed by atoms with van der Waals surface area (Å²) in [6.45, 7) is 2.27. The highest BCUT2D eigenvalue weighted by molar-refractivity contribution is 5.50. The first-order valence-corrected chi connectivity index (χ1v) is 7.76. The van der Waals surface area contributed by atoms with Crippen molar-refractivity contribution in [3.8, 4) is 0 Å². The maximum Gasteiger partial charge on any atom is 0.198 e. The van der Waals surface area contributed by atoms with E-state index in [0.29, 0.717) is 6.42 Å². The molecule has 0 saturated heterocycles. The first-order valence-electron chi connectivity index (χ1n) is 7.76. The van der Waals surface area contributed by atoms with Gasteiger partial charge in [-0.2, -0.15) is 0 Å². The molecule has 1 nitrogen and oxygen atoms in total. The third kappa shape index (κ3) is 15.7. The van der Waals surface area contributed by atoms with Gasteiger partial charge in [0.05, 0.1) is 0 Å². The summed E-state index contributed by atoms with van der Waals surface area (Å²) < 4.78 is 0. The minimum Gasteiger partial charge on any atom is -0.291 e. The molecule has 101 valence electrons. The monoisotopic (exact) mass is 241 g/mol. The zero-order valence-corrected chi connectivity index (χ0v) is 11.8. The second-order valence-corrected chi connectivity index (χ2v) is 5.14. The Bertz CT molecular complexity index is 142. The number of carbonyl (C=O) groups excluding carboxylic acids is 1. The van der Waals surface area contributed by atoms with Gasteiger partial charge in [0.15, 0.2) is 6.29 Å². The quantitative estimate of drug-likeness (QED) is 0.363. The van der Waals surface area contributed by atoms with E-state index >= 15 is 0 Å². The van der Waals surface area contributed by atoms with Gasteiger partial charge in [0.25, 0.3) is 0 Å². The Hall–Kier alpha value is -0.330. The Morgan fingerprint density at radius 2 is 1.12 bits per heavy atom. The number of hydrogen-bond donors (Lipinski definition) is 0. The van der Waals surface area contributed by atoms with Crippen molar-refractivity contribution in [1.82, 2.24) is 0 Å². The van der Waals surface area contributed by atoms with E-state index in [1.54, 1.807) is 0 Å². The Labute approximate surface area is 108 Å². The molecule has 0 amide bonds. The molecule has 0 saturated carbocycles. The van der Waals surface area contributed by atoms with Crippen molar-refractivity contribution in [3.05, 3.63) is 0 Å². The van der Waals surface area contributed by atoms with E-state index in [-0.39, 0.29) is 0 Å². The molecule has 0 atom stereocenters. The van der Waals surface area contributed by atoms with E-state index < -0.39 is 0 Å². The van der Waals surface area contributed by atoms with Gasteiger partial charge in [-0.05, 0) is 6.42 Å². The average Bonchev–Trinajstić information content (AvgIpc) is 2.35. The summed E-state index contributed by atoms with van der Waals surface area (Å²) in [5.74, 6) is 0. The van der Waals surface area contributed by atoms with Gasteiger partial charge in [0, 0.05) is 6.42 Å². The molecule has 0 fully saturated rings. The molecule has 0 aliphatic heterocycles. The van der Waals surface area contributed by atoms with Crippen LogP contribution < -0.4 is 0 Å². The van der Waals surface area contributed by atoms with Crippen LogP contribution in [0, 0.1) is 0 Å². The summed E-state index contributed by atoms with van der Waals surface area (Å²) >= 11 is 0. The fraction of sp³-hybridized carbons (Fsp3) is 0.938. The molecule has 0 bridgehead atoms. The van der Waals surface area contributed by atoms with Crippen molar-refractivity contribution in [2.75, 3.05) is 0 Å². The topological polar surface area (TPSA) is 17.1 Å². The SMILES string of the molecule is CCCCCCCCCCCCCC[14CH2][C]=O. The van der Waals surface area contributed by atoms with Gasteiger partial charge in [0.1, 0.15) is 0 Å². The molecule has 1 radical (unpaired) electrons. The van der Waals surface area contributed by atoms with Crippen LogP contribution in [0.3, 0.4) is 0 Å². The van der Waals surface area contributed by atoms with Crippen LogP contribution in [-0.2, 0) is 4.79 Å². The summed E-state index contributed by atoms with van der Waals surface area (Å²) in [7, 11) is 0. The molecule has 0 aliphatic rings. The van der Waals surface area contributed by atoms with E-state index in [1.165, 1.54) is 77.0 Å². The van der Waals surface area contributed by atoms with Crippen LogP contribution in [0.25, 0.3) is 0 Å². The molecule has 0 spiro atoms. The maximum absolute atomic E-state index is 9.98. The van der Waals surface area contributed by atoms with Gasteiger partial charge >= 0.3 is 0 Å². The van der Waals surface area contributed by atoms with Gasteiger partial charge in [-0.15, -0.1) is 0 Å². The molecule has 0 N–H and O–H groups in total. The molecule has 0 heterocycles. The highest BCUT2D eigenvalue weighted by Crippen LogP contribution is 2.12. The fourth-order valence-electron chi connectivity index (χ4n) is 2.21. The lowest BCUT2D eigenvalue weighted by Gasteiger charge is -2.02. The normalized spacial score (nSPS) is 10.6. The highest BCUT2D eigenvalue weighted by Gasteiger charge is 1.93. The standard InChI is InChI=1S/C16H31O/c1-2-3-4-5-6-7-8-9-10-11-12-13-14-15-16-17/h2-15H2,1H3/i15+2. The predicted octanol–water partition coefficient (Wildman–Crippen LogP) is 5.58.